The molecule has 0 saturated carbocycles. The largest absolute Gasteiger partial charge is 0.508 e. The van der Waals surface area contributed by atoms with E-state index in [2.05, 4.69) is 14.2 Å². The Balaban J connectivity index is 1.42. The van der Waals surface area contributed by atoms with E-state index in [1.165, 1.54) is 0 Å². The molecule has 0 radical (unpaired) electrons. The van der Waals surface area contributed by atoms with Crippen LogP contribution in [0, 0.1) is 5.92 Å². The minimum atomic E-state index is -1.21. The number of hydrogen-bond acceptors (Lipinski definition) is 19. The van der Waals surface area contributed by atoms with Crippen LogP contribution in [0.25, 0.3) is 0 Å². The van der Waals surface area contributed by atoms with Crippen LogP contribution >= 0.6 is 0 Å². The summed E-state index contributed by atoms with van der Waals surface area (Å²) in [5.74, 6) is -5.73. The number of esters is 5. The van der Waals surface area contributed by atoms with E-state index in [0.29, 0.717) is 0 Å². The fourth-order valence-electron chi connectivity index (χ4n) is 4.30. The summed E-state index contributed by atoms with van der Waals surface area (Å²) < 4.78 is 54.0. The summed E-state index contributed by atoms with van der Waals surface area (Å²) in [4.78, 5) is 98.0. The monoisotopic (exact) mass is 652 g/mol. The molecule has 0 N–H and O–H groups in total. The van der Waals surface area contributed by atoms with Gasteiger partial charge in [-0.15, -0.1) is 0 Å². The maximum atomic E-state index is 13.3. The zero-order valence-electron chi connectivity index (χ0n) is 23.6. The lowest BCUT2D eigenvalue weighted by molar-refractivity contribution is -0.137. The molecule has 46 heavy (non-hydrogen) atoms. The van der Waals surface area contributed by atoms with E-state index >= 15 is 0 Å². The summed E-state index contributed by atoms with van der Waals surface area (Å²) in [6.45, 7) is -2.49. The first kappa shape index (κ1) is 31.8. The predicted molar refractivity (Wildman–Crippen MR) is 135 cm³/mol. The molecule has 1 aromatic rings. The third-order valence-electron chi connectivity index (χ3n) is 6.57. The van der Waals surface area contributed by atoms with Gasteiger partial charge in [-0.3, -0.25) is 4.79 Å². The Morgan fingerprint density at radius 1 is 0.522 bits per heavy atom. The molecule has 4 fully saturated rings. The molecule has 4 aliphatic rings. The standard InChI is InChI=1S/C27H24O19/c28-20-1-12(4-36-20)5-37-21(29)16-2-18(23(31)39-7-14-10-42-26(34)45-14)19(24(32)40-8-15-11-43-27(35)46-15)3-17(16)22(30)38-6-13-9-41-25(33)44-13/h2-3,12-15H,1,4-11H2. The highest BCUT2D eigenvalue weighted by atomic mass is 16.8. The molecule has 4 unspecified atom stereocenters. The first-order chi connectivity index (χ1) is 22.0. The van der Waals surface area contributed by atoms with Gasteiger partial charge in [0.2, 0.25) is 0 Å². The van der Waals surface area contributed by atoms with Crippen molar-refractivity contribution >= 4 is 48.3 Å². The number of ether oxygens (including phenoxy) is 11. The van der Waals surface area contributed by atoms with Gasteiger partial charge in [0.15, 0.2) is 18.3 Å². The Bertz CT molecular complexity index is 1240. The lowest BCUT2D eigenvalue weighted by atomic mass is 9.97. The summed E-state index contributed by atoms with van der Waals surface area (Å²) in [5.41, 5.74) is -2.27. The van der Waals surface area contributed by atoms with Crippen LogP contribution < -0.4 is 0 Å². The zero-order valence-corrected chi connectivity index (χ0v) is 23.6. The normalized spacial score (nSPS) is 23.1. The average Bonchev–Trinajstić information content (AvgIpc) is 3.85. The number of carbonyl (C=O) groups is 8. The molecule has 0 aliphatic carbocycles. The first-order valence-electron chi connectivity index (χ1n) is 13.6. The summed E-state index contributed by atoms with van der Waals surface area (Å²) in [7, 11) is 0. The quantitative estimate of drug-likeness (QED) is 0.220. The van der Waals surface area contributed by atoms with Crippen molar-refractivity contribution < 1.29 is 90.5 Å². The molecule has 4 atom stereocenters. The summed E-state index contributed by atoms with van der Waals surface area (Å²) in [5, 5.41) is 0. The van der Waals surface area contributed by atoms with E-state index in [9.17, 15) is 38.4 Å². The van der Waals surface area contributed by atoms with E-state index in [1.807, 2.05) is 0 Å². The highest BCUT2D eigenvalue weighted by Crippen LogP contribution is 2.24. The van der Waals surface area contributed by atoms with Crippen LogP contribution in [0.1, 0.15) is 47.9 Å². The summed E-state index contributed by atoms with van der Waals surface area (Å²) in [6, 6.07) is 1.66. The van der Waals surface area contributed by atoms with Gasteiger partial charge in [0.25, 0.3) is 0 Å². The van der Waals surface area contributed by atoms with Gasteiger partial charge in [-0.05, 0) is 12.1 Å². The summed E-state index contributed by atoms with van der Waals surface area (Å²) in [6.07, 6.45) is -5.87. The molecule has 246 valence electrons. The number of cyclic esters (lactones) is 7. The van der Waals surface area contributed by atoms with E-state index in [4.69, 9.17) is 37.9 Å². The highest BCUT2D eigenvalue weighted by molar-refractivity contribution is 6.10. The van der Waals surface area contributed by atoms with Crippen LogP contribution in [-0.2, 0) is 56.9 Å². The lowest BCUT2D eigenvalue weighted by Gasteiger charge is -2.17. The average molecular weight is 652 g/mol. The van der Waals surface area contributed by atoms with Crippen LogP contribution in [0.15, 0.2) is 12.1 Å². The van der Waals surface area contributed by atoms with E-state index < -0.39 is 115 Å². The summed E-state index contributed by atoms with van der Waals surface area (Å²) >= 11 is 0. The third kappa shape index (κ3) is 7.90. The third-order valence-corrected chi connectivity index (χ3v) is 6.57. The molecule has 19 nitrogen and oxygen atoms in total. The molecule has 0 amide bonds. The van der Waals surface area contributed by atoms with Crippen molar-refractivity contribution in [3.05, 3.63) is 34.4 Å². The van der Waals surface area contributed by atoms with Gasteiger partial charge in [0, 0.05) is 5.92 Å². The van der Waals surface area contributed by atoms with Crippen LogP contribution in [0.4, 0.5) is 14.4 Å². The minimum absolute atomic E-state index is 0.0116. The number of rotatable bonds is 12. The molecule has 19 heteroatoms. The molecule has 1 aromatic carbocycles. The van der Waals surface area contributed by atoms with Crippen molar-refractivity contribution in [2.24, 2.45) is 5.92 Å². The number of hydrogen-bond donors (Lipinski definition) is 0. The van der Waals surface area contributed by atoms with Crippen LogP contribution in [0.3, 0.4) is 0 Å². The van der Waals surface area contributed by atoms with E-state index in [1.54, 1.807) is 0 Å². The Morgan fingerprint density at radius 3 is 1.15 bits per heavy atom. The molecular formula is C27H24O19. The minimum Gasteiger partial charge on any atom is -0.465 e. The lowest BCUT2D eigenvalue weighted by Crippen LogP contribution is -2.26. The molecule has 0 aromatic heterocycles. The zero-order chi connectivity index (χ0) is 32.8. The van der Waals surface area contributed by atoms with Gasteiger partial charge in [-0.25, -0.2) is 33.6 Å². The first-order valence-corrected chi connectivity index (χ1v) is 13.6. The second-order valence-electron chi connectivity index (χ2n) is 9.99. The molecule has 4 saturated heterocycles. The second kappa shape index (κ2) is 14.0. The van der Waals surface area contributed by atoms with E-state index in [-0.39, 0.29) is 39.5 Å². The van der Waals surface area contributed by atoms with Crippen molar-refractivity contribution in [2.75, 3.05) is 52.9 Å². The van der Waals surface area contributed by atoms with Crippen molar-refractivity contribution in [2.45, 2.75) is 24.7 Å². The van der Waals surface area contributed by atoms with Crippen molar-refractivity contribution in [3.63, 3.8) is 0 Å². The molecule has 4 aliphatic heterocycles. The highest BCUT2D eigenvalue weighted by Gasteiger charge is 2.34. The fraction of sp³-hybridized carbons (Fsp3) is 0.481. The Hall–Kier alpha value is -5.62. The van der Waals surface area contributed by atoms with Crippen LogP contribution in [0.5, 0.6) is 0 Å². The Labute approximate surface area is 257 Å². The van der Waals surface area contributed by atoms with Gasteiger partial charge in [-0.1, -0.05) is 0 Å². The van der Waals surface area contributed by atoms with Crippen molar-refractivity contribution in [1.29, 1.82) is 0 Å². The Morgan fingerprint density at radius 2 is 0.870 bits per heavy atom. The van der Waals surface area contributed by atoms with Crippen molar-refractivity contribution in [3.8, 4) is 0 Å². The molecule has 4 heterocycles. The van der Waals surface area contributed by atoms with Gasteiger partial charge in [0.1, 0.15) is 39.6 Å². The second-order valence-corrected chi connectivity index (χ2v) is 9.99. The van der Waals surface area contributed by atoms with Crippen LogP contribution in [0.2, 0.25) is 0 Å². The smallest absolute Gasteiger partial charge is 0.465 e. The Kier molecular flexibility index (Phi) is 9.67. The molecule has 0 spiro atoms. The maximum absolute atomic E-state index is 13.3. The number of carbonyl (C=O) groups excluding carboxylic acids is 8. The van der Waals surface area contributed by atoms with Gasteiger partial charge in [-0.2, -0.15) is 0 Å². The molecule has 5 rings (SSSR count). The van der Waals surface area contributed by atoms with Gasteiger partial charge >= 0.3 is 48.3 Å². The predicted octanol–water partition coefficient (Wildman–Crippen LogP) is 0.483. The molecular weight excluding hydrogens is 628 g/mol. The van der Waals surface area contributed by atoms with Gasteiger partial charge in [0.05, 0.1) is 41.9 Å². The van der Waals surface area contributed by atoms with Crippen molar-refractivity contribution in [1.82, 2.24) is 0 Å². The van der Waals surface area contributed by atoms with E-state index in [0.717, 1.165) is 12.1 Å². The van der Waals surface area contributed by atoms with Gasteiger partial charge < -0.3 is 52.1 Å². The fourth-order valence-corrected chi connectivity index (χ4v) is 4.30. The maximum Gasteiger partial charge on any atom is 0.508 e. The molecule has 0 bridgehead atoms. The SMILES string of the molecule is O=C1CC(COC(=O)c2cc(C(=O)OCC3COC(=O)O3)c(C(=O)OCC3COC(=O)O3)cc2C(=O)OCC2COC(=O)O2)CO1. The topological polar surface area (TPSA) is 238 Å². The van der Waals surface area contributed by atoms with Crippen LogP contribution in [-0.4, -0.2) is 119 Å². The number of benzene rings is 1.